The van der Waals surface area contributed by atoms with E-state index in [9.17, 15) is 5.11 Å². The Hall–Kier alpha value is -1.02. The van der Waals surface area contributed by atoms with Gasteiger partial charge in [0.15, 0.2) is 0 Å². The summed E-state index contributed by atoms with van der Waals surface area (Å²) in [6.07, 6.45) is 6.76. The van der Waals surface area contributed by atoms with Crippen molar-refractivity contribution in [3.63, 3.8) is 0 Å². The molecule has 0 amide bonds. The Balaban J connectivity index is 1.64. The maximum Gasteiger partial charge on any atom is 0.0667 e. The lowest BCUT2D eigenvalue weighted by Gasteiger charge is -2.61. The highest BCUT2D eigenvalue weighted by molar-refractivity contribution is 5.48. The molecular weight excluding hydrogens is 246 g/mol. The molecule has 20 heavy (non-hydrogen) atoms. The zero-order valence-electron chi connectivity index (χ0n) is 12.3. The Morgan fingerprint density at radius 2 is 1.55 bits per heavy atom. The summed E-state index contributed by atoms with van der Waals surface area (Å²) in [5.74, 6) is 3.23. The van der Waals surface area contributed by atoms with Crippen molar-refractivity contribution >= 4 is 5.69 Å². The average Bonchev–Trinajstić information content (AvgIpc) is 2.44. The Labute approximate surface area is 121 Å². The van der Waals surface area contributed by atoms with Crippen molar-refractivity contribution in [1.82, 2.24) is 0 Å². The summed E-state index contributed by atoms with van der Waals surface area (Å²) in [6.45, 7) is 2.41. The van der Waals surface area contributed by atoms with Crippen LogP contribution in [0.5, 0.6) is 0 Å². The maximum absolute atomic E-state index is 10.2. The van der Waals surface area contributed by atoms with E-state index in [0.717, 1.165) is 11.8 Å². The first-order chi connectivity index (χ1) is 9.69. The van der Waals surface area contributed by atoms with Crippen molar-refractivity contribution < 1.29 is 5.11 Å². The Bertz CT molecular complexity index is 465. The van der Waals surface area contributed by atoms with E-state index in [4.69, 9.17) is 0 Å². The van der Waals surface area contributed by atoms with Gasteiger partial charge in [-0.2, -0.15) is 0 Å². The van der Waals surface area contributed by atoms with Gasteiger partial charge in [-0.1, -0.05) is 17.7 Å². The number of aliphatic hydroxyl groups is 1. The van der Waals surface area contributed by atoms with Crippen LogP contribution in [0.1, 0.15) is 37.7 Å². The molecule has 4 saturated carbocycles. The molecule has 0 aliphatic heterocycles. The van der Waals surface area contributed by atoms with Crippen LogP contribution in [0.4, 0.5) is 5.69 Å². The van der Waals surface area contributed by atoms with Crippen molar-refractivity contribution in [2.45, 2.75) is 44.6 Å². The maximum atomic E-state index is 10.2. The number of aliphatic hydroxyl groups excluding tert-OH is 1. The molecule has 1 aromatic carbocycles. The van der Waals surface area contributed by atoms with Crippen LogP contribution in [0.15, 0.2) is 24.3 Å². The van der Waals surface area contributed by atoms with E-state index in [1.165, 1.54) is 43.4 Å². The molecule has 4 fully saturated rings. The number of anilines is 1. The van der Waals surface area contributed by atoms with Crippen LogP contribution in [-0.2, 0) is 0 Å². The molecule has 4 bridgehead atoms. The lowest BCUT2D eigenvalue weighted by atomic mass is 9.48. The third kappa shape index (κ3) is 1.81. The summed E-state index contributed by atoms with van der Waals surface area (Å²) in [5.41, 5.74) is 2.42. The fourth-order valence-corrected chi connectivity index (χ4v) is 5.43. The summed E-state index contributed by atoms with van der Waals surface area (Å²) in [6, 6.07) is 8.64. The number of benzene rings is 1. The summed E-state index contributed by atoms with van der Waals surface area (Å²) in [4.78, 5) is 0. The van der Waals surface area contributed by atoms with Gasteiger partial charge < -0.3 is 10.4 Å². The van der Waals surface area contributed by atoms with E-state index in [0.29, 0.717) is 11.8 Å². The Morgan fingerprint density at radius 3 is 2.05 bits per heavy atom. The Kier molecular flexibility index (Phi) is 2.85. The van der Waals surface area contributed by atoms with Crippen molar-refractivity contribution in [1.29, 1.82) is 0 Å². The first-order valence-corrected chi connectivity index (χ1v) is 8.15. The van der Waals surface area contributed by atoms with Crippen molar-refractivity contribution in [2.24, 2.45) is 23.7 Å². The predicted octanol–water partition coefficient (Wildman–Crippen LogP) is 3.59. The standard InChI is InChI=1S/C18H25NO/c1-12-2-4-17(5-3-12)19-18(11-20)15-7-13-6-14(9-15)10-16(18)8-13/h2-5,13-16,19-20H,6-11H2,1H3. The molecule has 108 valence electrons. The van der Waals surface area contributed by atoms with Gasteiger partial charge in [0.05, 0.1) is 12.1 Å². The monoisotopic (exact) mass is 271 g/mol. The van der Waals surface area contributed by atoms with Gasteiger partial charge in [0.2, 0.25) is 0 Å². The number of nitrogens with one attached hydrogen (secondary N) is 1. The number of hydrogen-bond donors (Lipinski definition) is 2. The predicted molar refractivity (Wildman–Crippen MR) is 81.7 cm³/mol. The lowest BCUT2D eigenvalue weighted by molar-refractivity contribution is -0.0655. The minimum absolute atomic E-state index is 0.0529. The quantitative estimate of drug-likeness (QED) is 0.880. The molecule has 4 aliphatic carbocycles. The molecule has 0 saturated heterocycles. The third-order valence-corrected chi connectivity index (χ3v) is 6.29. The molecule has 0 spiro atoms. The van der Waals surface area contributed by atoms with Crippen LogP contribution in [0, 0.1) is 30.6 Å². The van der Waals surface area contributed by atoms with Gasteiger partial charge in [0.1, 0.15) is 0 Å². The topological polar surface area (TPSA) is 32.3 Å². The molecule has 2 heteroatoms. The van der Waals surface area contributed by atoms with Crippen molar-refractivity contribution in [3.8, 4) is 0 Å². The molecule has 0 aromatic heterocycles. The lowest BCUT2D eigenvalue weighted by Crippen LogP contribution is -2.63. The normalized spacial score (nSPS) is 41.9. The van der Waals surface area contributed by atoms with E-state index in [1.54, 1.807) is 0 Å². The second-order valence-electron chi connectivity index (χ2n) is 7.49. The summed E-state index contributed by atoms with van der Waals surface area (Å²) < 4.78 is 0. The fraction of sp³-hybridized carbons (Fsp3) is 0.667. The van der Waals surface area contributed by atoms with E-state index in [1.807, 2.05) is 0 Å². The molecule has 2 nitrogen and oxygen atoms in total. The average molecular weight is 271 g/mol. The van der Waals surface area contributed by atoms with Gasteiger partial charge in [-0.3, -0.25) is 0 Å². The molecule has 2 N–H and O–H groups in total. The van der Waals surface area contributed by atoms with Crippen LogP contribution in [0.3, 0.4) is 0 Å². The highest BCUT2D eigenvalue weighted by Crippen LogP contribution is 2.58. The van der Waals surface area contributed by atoms with Crippen LogP contribution in [0.25, 0.3) is 0 Å². The minimum atomic E-state index is -0.0529. The molecule has 0 radical (unpaired) electrons. The number of rotatable bonds is 3. The van der Waals surface area contributed by atoms with Crippen LogP contribution < -0.4 is 5.32 Å². The molecule has 1 aromatic rings. The SMILES string of the molecule is Cc1ccc(NC2(CO)C3CC4CC(C3)CC2C4)cc1. The number of aryl methyl sites for hydroxylation is 1. The van der Waals surface area contributed by atoms with Crippen LogP contribution in [0.2, 0.25) is 0 Å². The smallest absolute Gasteiger partial charge is 0.0667 e. The van der Waals surface area contributed by atoms with E-state index in [2.05, 4.69) is 36.5 Å². The van der Waals surface area contributed by atoms with Crippen LogP contribution in [-0.4, -0.2) is 17.3 Å². The first kappa shape index (κ1) is 12.7. The van der Waals surface area contributed by atoms with E-state index < -0.39 is 0 Å². The molecule has 0 atom stereocenters. The Morgan fingerprint density at radius 1 is 1.00 bits per heavy atom. The number of hydrogen-bond acceptors (Lipinski definition) is 2. The second kappa shape index (κ2) is 4.49. The van der Waals surface area contributed by atoms with E-state index >= 15 is 0 Å². The first-order valence-electron chi connectivity index (χ1n) is 8.15. The second-order valence-corrected chi connectivity index (χ2v) is 7.49. The van der Waals surface area contributed by atoms with Gasteiger partial charge in [0, 0.05) is 5.69 Å². The summed E-state index contributed by atoms with van der Waals surface area (Å²) >= 11 is 0. The summed E-state index contributed by atoms with van der Waals surface area (Å²) in [5, 5.41) is 14.0. The minimum Gasteiger partial charge on any atom is -0.394 e. The fourth-order valence-electron chi connectivity index (χ4n) is 5.43. The van der Waals surface area contributed by atoms with Gasteiger partial charge in [-0.05, 0) is 74.8 Å². The molecule has 5 rings (SSSR count). The molecule has 0 unspecified atom stereocenters. The summed E-state index contributed by atoms with van der Waals surface area (Å²) in [7, 11) is 0. The van der Waals surface area contributed by atoms with Crippen molar-refractivity contribution in [3.05, 3.63) is 29.8 Å². The van der Waals surface area contributed by atoms with Gasteiger partial charge in [0.25, 0.3) is 0 Å². The zero-order valence-corrected chi connectivity index (χ0v) is 12.3. The van der Waals surface area contributed by atoms with Gasteiger partial charge in [-0.25, -0.2) is 0 Å². The van der Waals surface area contributed by atoms with Gasteiger partial charge >= 0.3 is 0 Å². The molecular formula is C18H25NO. The zero-order chi connectivity index (χ0) is 13.7. The molecule has 4 aliphatic rings. The van der Waals surface area contributed by atoms with Crippen molar-refractivity contribution in [2.75, 3.05) is 11.9 Å². The third-order valence-electron chi connectivity index (χ3n) is 6.29. The highest BCUT2D eigenvalue weighted by atomic mass is 16.3. The molecule has 0 heterocycles. The van der Waals surface area contributed by atoms with E-state index in [-0.39, 0.29) is 12.1 Å². The highest BCUT2D eigenvalue weighted by Gasteiger charge is 2.56. The van der Waals surface area contributed by atoms with Crippen LogP contribution >= 0.6 is 0 Å². The largest absolute Gasteiger partial charge is 0.394 e. The van der Waals surface area contributed by atoms with Gasteiger partial charge in [-0.15, -0.1) is 0 Å².